The molecule has 0 spiro atoms. The second-order valence-corrected chi connectivity index (χ2v) is 5.98. The summed E-state index contributed by atoms with van der Waals surface area (Å²) < 4.78 is 0. The standard InChI is InChI=1S/C16H26N4O2/c1-3-19(11-14-4-7-18-8-5-14)12-16(22)6-9-20(13-16)15(21)10-17-2/h4-5,7-8,17,22H,3,6,9-13H2,1-2H3/t16-/m0/s1. The first kappa shape index (κ1) is 16.9. The van der Waals surface area contributed by atoms with Crippen LogP contribution in [0, 0.1) is 0 Å². The zero-order chi connectivity index (χ0) is 16.0. The van der Waals surface area contributed by atoms with Crippen molar-refractivity contribution in [1.82, 2.24) is 20.1 Å². The molecular formula is C16H26N4O2. The largest absolute Gasteiger partial charge is 0.387 e. The van der Waals surface area contributed by atoms with E-state index in [4.69, 9.17) is 0 Å². The molecule has 6 nitrogen and oxygen atoms in total. The number of hydrogen-bond donors (Lipinski definition) is 2. The Bertz CT molecular complexity index is 482. The third-order valence-corrected chi connectivity index (χ3v) is 4.13. The summed E-state index contributed by atoms with van der Waals surface area (Å²) in [6.07, 6.45) is 4.20. The number of likely N-dealkylation sites (tertiary alicyclic amines) is 1. The maximum Gasteiger partial charge on any atom is 0.236 e. The van der Waals surface area contributed by atoms with Gasteiger partial charge in [0.25, 0.3) is 0 Å². The maximum atomic E-state index is 11.9. The van der Waals surface area contributed by atoms with Crippen molar-refractivity contribution in [2.45, 2.75) is 25.5 Å². The maximum absolute atomic E-state index is 11.9. The first-order valence-corrected chi connectivity index (χ1v) is 7.82. The fourth-order valence-electron chi connectivity index (χ4n) is 2.90. The highest BCUT2D eigenvalue weighted by Gasteiger charge is 2.38. The van der Waals surface area contributed by atoms with Crippen LogP contribution in [0.3, 0.4) is 0 Å². The van der Waals surface area contributed by atoms with Crippen molar-refractivity contribution >= 4 is 5.91 Å². The van der Waals surface area contributed by atoms with E-state index in [1.54, 1.807) is 24.3 Å². The third kappa shape index (κ3) is 4.50. The first-order chi connectivity index (χ1) is 10.6. The van der Waals surface area contributed by atoms with E-state index in [2.05, 4.69) is 22.1 Å². The average Bonchev–Trinajstić information content (AvgIpc) is 2.90. The van der Waals surface area contributed by atoms with Crippen LogP contribution < -0.4 is 5.32 Å². The van der Waals surface area contributed by atoms with Gasteiger partial charge < -0.3 is 15.3 Å². The van der Waals surface area contributed by atoms with Gasteiger partial charge in [0.1, 0.15) is 0 Å². The SMILES string of the molecule is CCN(Cc1ccncc1)C[C@@]1(O)CCN(C(=O)CNC)C1. The molecule has 1 aliphatic heterocycles. The molecule has 1 aromatic heterocycles. The lowest BCUT2D eigenvalue weighted by atomic mass is 10.0. The molecule has 0 aromatic carbocycles. The van der Waals surface area contributed by atoms with Gasteiger partial charge in [-0.15, -0.1) is 0 Å². The minimum Gasteiger partial charge on any atom is -0.387 e. The van der Waals surface area contributed by atoms with Crippen LogP contribution in [-0.2, 0) is 11.3 Å². The Morgan fingerprint density at radius 3 is 2.86 bits per heavy atom. The van der Waals surface area contributed by atoms with Crippen LogP contribution in [0.25, 0.3) is 0 Å². The van der Waals surface area contributed by atoms with E-state index in [1.165, 1.54) is 5.56 Å². The van der Waals surface area contributed by atoms with Gasteiger partial charge >= 0.3 is 0 Å². The molecule has 1 aliphatic rings. The molecule has 0 unspecified atom stereocenters. The minimum atomic E-state index is -0.813. The van der Waals surface area contributed by atoms with E-state index >= 15 is 0 Å². The van der Waals surface area contributed by atoms with Crippen LogP contribution in [0.1, 0.15) is 18.9 Å². The molecule has 6 heteroatoms. The number of hydrogen-bond acceptors (Lipinski definition) is 5. The van der Waals surface area contributed by atoms with Crippen LogP contribution in [-0.4, -0.2) is 71.2 Å². The molecule has 1 fully saturated rings. The van der Waals surface area contributed by atoms with Gasteiger partial charge in [0.05, 0.1) is 18.7 Å². The zero-order valence-electron chi connectivity index (χ0n) is 13.5. The number of amides is 1. The van der Waals surface area contributed by atoms with Crippen LogP contribution in [0.2, 0.25) is 0 Å². The Hall–Kier alpha value is -1.50. The highest BCUT2D eigenvalue weighted by atomic mass is 16.3. The summed E-state index contributed by atoms with van der Waals surface area (Å²) in [5.74, 6) is 0.0515. The van der Waals surface area contributed by atoms with E-state index in [-0.39, 0.29) is 5.91 Å². The summed E-state index contributed by atoms with van der Waals surface area (Å²) in [6, 6.07) is 3.98. The molecule has 1 amide bonds. The second kappa shape index (κ2) is 7.67. The number of rotatable bonds is 7. The molecule has 1 saturated heterocycles. The molecule has 1 atom stereocenters. The Morgan fingerprint density at radius 2 is 2.23 bits per heavy atom. The van der Waals surface area contributed by atoms with Crippen LogP contribution in [0.4, 0.5) is 0 Å². The minimum absolute atomic E-state index is 0.0515. The lowest BCUT2D eigenvalue weighted by Gasteiger charge is -2.30. The normalized spacial score (nSPS) is 21.5. The van der Waals surface area contributed by atoms with Crippen LogP contribution >= 0.6 is 0 Å². The number of carbonyl (C=O) groups excluding carboxylic acids is 1. The van der Waals surface area contributed by atoms with Gasteiger partial charge in [-0.05, 0) is 37.7 Å². The Labute approximate surface area is 132 Å². The van der Waals surface area contributed by atoms with Crippen LogP contribution in [0.5, 0.6) is 0 Å². The van der Waals surface area contributed by atoms with Gasteiger partial charge in [0, 0.05) is 32.0 Å². The lowest BCUT2D eigenvalue weighted by molar-refractivity contribution is -0.130. The van der Waals surface area contributed by atoms with Gasteiger partial charge in [-0.1, -0.05) is 6.92 Å². The van der Waals surface area contributed by atoms with E-state index in [0.29, 0.717) is 32.6 Å². The first-order valence-electron chi connectivity index (χ1n) is 7.82. The van der Waals surface area contributed by atoms with Crippen molar-refractivity contribution in [2.75, 3.05) is 39.8 Å². The van der Waals surface area contributed by atoms with Crippen molar-refractivity contribution in [3.8, 4) is 0 Å². The number of β-amino-alcohol motifs (C(OH)–C–C–N with tert-alkyl or cyclic N) is 1. The van der Waals surface area contributed by atoms with Gasteiger partial charge in [-0.3, -0.25) is 14.7 Å². The molecule has 0 aliphatic carbocycles. The number of carbonyl (C=O) groups is 1. The average molecular weight is 306 g/mol. The second-order valence-electron chi connectivity index (χ2n) is 5.98. The van der Waals surface area contributed by atoms with Gasteiger partial charge in [-0.25, -0.2) is 0 Å². The Kier molecular flexibility index (Phi) is 5.88. The monoisotopic (exact) mass is 306 g/mol. The highest BCUT2D eigenvalue weighted by molar-refractivity contribution is 5.78. The molecule has 2 rings (SSSR count). The topological polar surface area (TPSA) is 68.7 Å². The number of nitrogens with one attached hydrogen (secondary N) is 1. The van der Waals surface area contributed by atoms with Crippen LogP contribution in [0.15, 0.2) is 24.5 Å². The van der Waals surface area contributed by atoms with Crippen molar-refractivity contribution in [3.05, 3.63) is 30.1 Å². The molecule has 22 heavy (non-hydrogen) atoms. The summed E-state index contributed by atoms with van der Waals surface area (Å²) in [4.78, 5) is 19.9. The molecule has 122 valence electrons. The number of aliphatic hydroxyl groups is 1. The van der Waals surface area contributed by atoms with Crippen molar-refractivity contribution < 1.29 is 9.90 Å². The van der Waals surface area contributed by atoms with E-state index in [1.807, 2.05) is 12.1 Å². The van der Waals surface area contributed by atoms with E-state index in [0.717, 1.165) is 13.1 Å². The predicted octanol–water partition coefficient (Wildman–Crippen LogP) is 0.0863. The molecule has 1 aromatic rings. The number of pyridine rings is 1. The van der Waals surface area contributed by atoms with Gasteiger partial charge in [0.15, 0.2) is 0 Å². The zero-order valence-corrected chi connectivity index (χ0v) is 13.5. The number of nitrogens with zero attached hydrogens (tertiary/aromatic N) is 3. The Morgan fingerprint density at radius 1 is 1.50 bits per heavy atom. The third-order valence-electron chi connectivity index (χ3n) is 4.13. The van der Waals surface area contributed by atoms with E-state index < -0.39 is 5.60 Å². The molecule has 0 saturated carbocycles. The molecule has 0 bridgehead atoms. The highest BCUT2D eigenvalue weighted by Crippen LogP contribution is 2.23. The summed E-state index contributed by atoms with van der Waals surface area (Å²) in [6.45, 7) is 5.67. The van der Waals surface area contributed by atoms with E-state index in [9.17, 15) is 9.90 Å². The summed E-state index contributed by atoms with van der Waals surface area (Å²) in [7, 11) is 1.76. The molecule has 2 N–H and O–H groups in total. The Balaban J connectivity index is 1.92. The number of aromatic nitrogens is 1. The van der Waals surface area contributed by atoms with Crippen molar-refractivity contribution in [1.29, 1.82) is 0 Å². The fourth-order valence-corrected chi connectivity index (χ4v) is 2.90. The van der Waals surface area contributed by atoms with Crippen molar-refractivity contribution in [3.63, 3.8) is 0 Å². The molecule has 2 heterocycles. The summed E-state index contributed by atoms with van der Waals surface area (Å²) in [5.41, 5.74) is 0.369. The summed E-state index contributed by atoms with van der Waals surface area (Å²) in [5, 5.41) is 13.7. The molecular weight excluding hydrogens is 280 g/mol. The molecule has 0 radical (unpaired) electrons. The summed E-state index contributed by atoms with van der Waals surface area (Å²) >= 11 is 0. The van der Waals surface area contributed by atoms with Gasteiger partial charge in [-0.2, -0.15) is 0 Å². The van der Waals surface area contributed by atoms with Crippen molar-refractivity contribution in [2.24, 2.45) is 0 Å². The number of likely N-dealkylation sites (N-methyl/N-ethyl adjacent to an activating group) is 2. The fraction of sp³-hybridized carbons (Fsp3) is 0.625. The smallest absolute Gasteiger partial charge is 0.236 e. The lowest BCUT2D eigenvalue weighted by Crippen LogP contribution is -2.46. The van der Waals surface area contributed by atoms with Gasteiger partial charge in [0.2, 0.25) is 5.91 Å². The quantitative estimate of drug-likeness (QED) is 0.747. The predicted molar refractivity (Wildman–Crippen MR) is 85.3 cm³/mol.